The van der Waals surface area contributed by atoms with Crippen LogP contribution in [0.3, 0.4) is 0 Å². The first-order valence-electron chi connectivity index (χ1n) is 11.6. The molecule has 0 fully saturated rings. The maximum atomic E-state index is 15.7. The number of rotatable bonds is 10. The molecule has 1 heterocycles. The molecule has 2 aromatic carbocycles. The van der Waals surface area contributed by atoms with Crippen molar-refractivity contribution in [3.8, 4) is 0 Å². The highest BCUT2D eigenvalue weighted by Crippen LogP contribution is 2.33. The molecule has 1 aromatic heterocycles. The molecule has 0 spiro atoms. The summed E-state index contributed by atoms with van der Waals surface area (Å²) in [5, 5.41) is 2.35. The number of anilines is 3. The molecule has 0 radical (unpaired) electrons. The van der Waals surface area contributed by atoms with Crippen molar-refractivity contribution in [3.05, 3.63) is 80.1 Å². The number of carbonyl (C=O) groups excluding carboxylic acids is 1. The van der Waals surface area contributed by atoms with E-state index in [9.17, 15) is 17.6 Å². The highest BCUT2D eigenvalue weighted by atomic mass is 127. The number of aromatic nitrogens is 1. The van der Waals surface area contributed by atoms with Crippen molar-refractivity contribution in [1.82, 2.24) is 9.45 Å². The van der Waals surface area contributed by atoms with E-state index in [-0.39, 0.29) is 15.7 Å². The van der Waals surface area contributed by atoms with Crippen LogP contribution in [0, 0.1) is 26.8 Å². The van der Waals surface area contributed by atoms with Crippen molar-refractivity contribution in [3.63, 3.8) is 0 Å². The Morgan fingerprint density at radius 2 is 1.68 bits per heavy atom. The molecular formula is C25H26F4IN5O5S. The minimum atomic E-state index is -4.68. The number of hydrogen-bond donors (Lipinski definition) is 2. The number of carbonyl (C=O) groups is 1. The van der Waals surface area contributed by atoms with Crippen LogP contribution in [0.25, 0.3) is 0 Å². The monoisotopic (exact) mass is 711 g/mol. The van der Waals surface area contributed by atoms with Crippen LogP contribution in [0.4, 0.5) is 34.8 Å². The maximum Gasteiger partial charge on any atom is 0.351 e. The minimum Gasteiger partial charge on any atom is -0.366 e. The van der Waals surface area contributed by atoms with Gasteiger partial charge >= 0.3 is 10.2 Å². The zero-order valence-electron chi connectivity index (χ0n) is 22.4. The first-order valence-corrected chi connectivity index (χ1v) is 14.1. The predicted molar refractivity (Wildman–Crippen MR) is 151 cm³/mol. The fraction of sp³-hybridized carbons (Fsp3) is 0.280. The van der Waals surface area contributed by atoms with Gasteiger partial charge in [-0.3, -0.25) is 14.5 Å². The summed E-state index contributed by atoms with van der Waals surface area (Å²) in [5.74, 6) is -7.07. The molecule has 41 heavy (non-hydrogen) atoms. The fourth-order valence-electron chi connectivity index (χ4n) is 3.86. The molecule has 10 nitrogen and oxygen atoms in total. The summed E-state index contributed by atoms with van der Waals surface area (Å²) in [6.07, 6.45) is 0.371. The van der Waals surface area contributed by atoms with Gasteiger partial charge in [-0.25, -0.2) is 22.5 Å². The number of nitrogens with zero attached hydrogens (tertiary/aromatic N) is 3. The first-order chi connectivity index (χ1) is 19.0. The molecule has 3 N–H and O–H groups in total. The minimum absolute atomic E-state index is 0.176. The Hall–Kier alpha value is -3.06. The van der Waals surface area contributed by atoms with Crippen LogP contribution in [0.2, 0.25) is 0 Å². The molecule has 0 aliphatic rings. The SMILES string of the molecule is CON(c1nccc(Cc2cc(C(N)=O)c(Nc3ccc(I)cc3F)c(F)c2F)c1F)S(=O)(=O)N(OC)C(C)(C)C. The van der Waals surface area contributed by atoms with Crippen LogP contribution in [-0.2, 0) is 26.3 Å². The van der Waals surface area contributed by atoms with Gasteiger partial charge in [-0.05, 0) is 84.8 Å². The molecule has 0 saturated heterocycles. The zero-order chi connectivity index (χ0) is 30.9. The van der Waals surface area contributed by atoms with Crippen molar-refractivity contribution in [1.29, 1.82) is 0 Å². The van der Waals surface area contributed by atoms with E-state index in [1.54, 1.807) is 0 Å². The van der Waals surface area contributed by atoms with Crippen LogP contribution in [-0.4, -0.2) is 43.5 Å². The third-order valence-electron chi connectivity index (χ3n) is 5.54. The van der Waals surface area contributed by atoms with Crippen molar-refractivity contribution >= 4 is 55.9 Å². The standard InChI is InChI=1S/C25H26F4IN5O5S/c1-25(2,3)35(40-5)41(37,38)34(39-4)24-20(28)13(8-9-32-24)10-14-11-16(23(31)36)22(21(29)19(14)27)33-18-7-6-15(30)12-17(18)26/h6-9,11-12,33H,10H2,1-5H3,(H2,31,36). The number of halogens is 5. The molecule has 0 unspecified atom stereocenters. The number of nitrogens with two attached hydrogens (primary N) is 1. The molecule has 0 atom stereocenters. The third kappa shape index (κ3) is 6.72. The van der Waals surface area contributed by atoms with Gasteiger partial charge in [-0.1, -0.05) is 4.47 Å². The van der Waals surface area contributed by atoms with E-state index in [1.807, 2.05) is 22.6 Å². The van der Waals surface area contributed by atoms with Crippen LogP contribution >= 0.6 is 22.6 Å². The summed E-state index contributed by atoms with van der Waals surface area (Å²) in [4.78, 5) is 25.8. The zero-order valence-corrected chi connectivity index (χ0v) is 25.4. The van der Waals surface area contributed by atoms with E-state index >= 15 is 13.2 Å². The molecule has 222 valence electrons. The Bertz CT molecular complexity index is 1590. The number of hydroxylamine groups is 1. The Balaban J connectivity index is 2.08. The normalized spacial score (nSPS) is 12.1. The lowest BCUT2D eigenvalue weighted by Gasteiger charge is -2.35. The molecule has 16 heteroatoms. The summed E-state index contributed by atoms with van der Waals surface area (Å²) in [6, 6.07) is 5.90. The average Bonchev–Trinajstić information content (AvgIpc) is 2.86. The average molecular weight is 711 g/mol. The number of pyridine rings is 1. The van der Waals surface area contributed by atoms with E-state index in [4.69, 9.17) is 15.4 Å². The smallest absolute Gasteiger partial charge is 0.351 e. The summed E-state index contributed by atoms with van der Waals surface area (Å²) in [6.45, 7) is 4.55. The van der Waals surface area contributed by atoms with Gasteiger partial charge in [0.2, 0.25) is 5.82 Å². The van der Waals surface area contributed by atoms with Gasteiger partial charge in [0.15, 0.2) is 17.5 Å². The quantitative estimate of drug-likeness (QED) is 0.173. The Morgan fingerprint density at radius 1 is 1.02 bits per heavy atom. The number of hydrogen-bond acceptors (Lipinski definition) is 7. The predicted octanol–water partition coefficient (Wildman–Crippen LogP) is 4.95. The van der Waals surface area contributed by atoms with Crippen LogP contribution in [0.5, 0.6) is 0 Å². The topological polar surface area (TPSA) is 127 Å². The maximum absolute atomic E-state index is 15.7. The number of benzene rings is 2. The highest BCUT2D eigenvalue weighted by molar-refractivity contribution is 14.1. The van der Waals surface area contributed by atoms with Gasteiger partial charge in [-0.15, -0.1) is 4.47 Å². The molecule has 0 aliphatic carbocycles. The highest BCUT2D eigenvalue weighted by Gasteiger charge is 2.41. The van der Waals surface area contributed by atoms with Gasteiger partial charge in [0.05, 0.1) is 36.7 Å². The molecule has 0 bridgehead atoms. The molecule has 1 amide bonds. The number of nitrogens with one attached hydrogen (secondary N) is 1. The Labute approximate surface area is 247 Å². The van der Waals surface area contributed by atoms with Gasteiger partial charge in [0.1, 0.15) is 5.82 Å². The van der Waals surface area contributed by atoms with E-state index < -0.39 is 74.0 Å². The molecule has 0 aliphatic heterocycles. The lowest BCUT2D eigenvalue weighted by molar-refractivity contribution is -0.109. The third-order valence-corrected chi connectivity index (χ3v) is 8.07. The van der Waals surface area contributed by atoms with Gasteiger partial charge in [-0.2, -0.15) is 8.42 Å². The summed E-state index contributed by atoms with van der Waals surface area (Å²) < 4.78 is 88.2. The second kappa shape index (κ2) is 12.4. The van der Waals surface area contributed by atoms with Gasteiger partial charge in [0.25, 0.3) is 5.91 Å². The summed E-state index contributed by atoms with van der Waals surface area (Å²) >= 11 is 1.86. The lowest BCUT2D eigenvalue weighted by atomic mass is 10.00. The van der Waals surface area contributed by atoms with E-state index in [1.165, 1.54) is 32.9 Å². The lowest BCUT2D eigenvalue weighted by Crippen LogP contribution is -2.51. The number of primary amides is 1. The fourth-order valence-corrected chi connectivity index (χ4v) is 5.86. The van der Waals surface area contributed by atoms with E-state index in [0.717, 1.165) is 38.6 Å². The van der Waals surface area contributed by atoms with E-state index in [2.05, 4.69) is 10.3 Å². The molecule has 3 rings (SSSR count). The second-order valence-corrected chi connectivity index (χ2v) is 12.3. The van der Waals surface area contributed by atoms with Crippen LogP contribution < -0.4 is 15.5 Å². The van der Waals surface area contributed by atoms with Crippen LogP contribution in [0.1, 0.15) is 42.3 Å². The Morgan fingerprint density at radius 3 is 2.22 bits per heavy atom. The Kier molecular flexibility index (Phi) is 9.84. The van der Waals surface area contributed by atoms with Crippen molar-refractivity contribution in [2.45, 2.75) is 32.7 Å². The largest absolute Gasteiger partial charge is 0.366 e. The molecule has 3 aromatic rings. The number of amides is 1. The van der Waals surface area contributed by atoms with E-state index in [0.29, 0.717) is 8.04 Å². The first kappa shape index (κ1) is 32.5. The van der Waals surface area contributed by atoms with Crippen molar-refractivity contribution < 1.29 is 40.4 Å². The second-order valence-electron chi connectivity index (χ2n) is 9.48. The van der Waals surface area contributed by atoms with Crippen molar-refractivity contribution in [2.24, 2.45) is 5.73 Å². The van der Waals surface area contributed by atoms with Crippen LogP contribution in [0.15, 0.2) is 36.5 Å². The van der Waals surface area contributed by atoms with Gasteiger partial charge in [0, 0.05) is 16.2 Å². The molecule has 0 saturated carbocycles. The molecular weight excluding hydrogens is 685 g/mol. The van der Waals surface area contributed by atoms with Crippen molar-refractivity contribution in [2.75, 3.05) is 24.0 Å². The van der Waals surface area contributed by atoms with Gasteiger partial charge < -0.3 is 11.1 Å². The summed E-state index contributed by atoms with van der Waals surface area (Å²) in [5.41, 5.74) is 1.95. The summed E-state index contributed by atoms with van der Waals surface area (Å²) in [7, 11) is -2.63.